The average molecular weight is 375 g/mol. The first-order chi connectivity index (χ1) is 12.5. The predicted octanol–water partition coefficient (Wildman–Crippen LogP) is 2.26. The third-order valence-electron chi connectivity index (χ3n) is 3.84. The SMILES string of the molecule is COC(=O)Cc1c(C(=O)OC)nnc2c(-c3cccc(Cl)c3)c(C)nn12. The lowest BCUT2D eigenvalue weighted by atomic mass is 10.1. The highest BCUT2D eigenvalue weighted by Crippen LogP contribution is 2.29. The van der Waals surface area contributed by atoms with E-state index in [1.807, 2.05) is 12.1 Å². The Morgan fingerprint density at radius 1 is 1.19 bits per heavy atom. The van der Waals surface area contributed by atoms with Crippen LogP contribution in [0.3, 0.4) is 0 Å². The number of halogens is 1. The molecule has 0 amide bonds. The molecule has 0 saturated heterocycles. The van der Waals surface area contributed by atoms with Crippen LogP contribution in [-0.2, 0) is 20.7 Å². The number of carbonyl (C=O) groups is 2. The second-order valence-corrected chi connectivity index (χ2v) is 5.88. The number of aryl methyl sites for hydroxylation is 1. The molecule has 0 aliphatic heterocycles. The smallest absolute Gasteiger partial charge is 0.360 e. The summed E-state index contributed by atoms with van der Waals surface area (Å²) >= 11 is 6.08. The van der Waals surface area contributed by atoms with Crippen molar-refractivity contribution in [2.45, 2.75) is 13.3 Å². The fourth-order valence-electron chi connectivity index (χ4n) is 2.66. The van der Waals surface area contributed by atoms with Crippen LogP contribution in [0.5, 0.6) is 0 Å². The number of ether oxygens (including phenoxy) is 2. The molecule has 2 heterocycles. The van der Waals surface area contributed by atoms with Crippen LogP contribution in [-0.4, -0.2) is 46.0 Å². The van der Waals surface area contributed by atoms with Crippen LogP contribution < -0.4 is 0 Å². The number of hydrogen-bond acceptors (Lipinski definition) is 7. The largest absolute Gasteiger partial charge is 0.469 e. The van der Waals surface area contributed by atoms with E-state index in [1.165, 1.54) is 18.7 Å². The Balaban J connectivity index is 2.29. The summed E-state index contributed by atoms with van der Waals surface area (Å²) in [6.07, 6.45) is -0.205. The van der Waals surface area contributed by atoms with Crippen LogP contribution >= 0.6 is 11.6 Å². The number of carbonyl (C=O) groups excluding carboxylic acids is 2. The van der Waals surface area contributed by atoms with E-state index in [1.54, 1.807) is 19.1 Å². The van der Waals surface area contributed by atoms with E-state index in [4.69, 9.17) is 21.1 Å². The van der Waals surface area contributed by atoms with Gasteiger partial charge in [-0.25, -0.2) is 9.31 Å². The van der Waals surface area contributed by atoms with Crippen molar-refractivity contribution < 1.29 is 19.1 Å². The van der Waals surface area contributed by atoms with Gasteiger partial charge in [-0.15, -0.1) is 10.2 Å². The summed E-state index contributed by atoms with van der Waals surface area (Å²) in [5, 5.41) is 13.1. The zero-order chi connectivity index (χ0) is 18.8. The summed E-state index contributed by atoms with van der Waals surface area (Å²) in [7, 11) is 2.49. The fourth-order valence-corrected chi connectivity index (χ4v) is 2.85. The molecular weight excluding hydrogens is 360 g/mol. The summed E-state index contributed by atoms with van der Waals surface area (Å²) in [5.41, 5.74) is 2.71. The number of rotatable bonds is 4. The highest BCUT2D eigenvalue weighted by molar-refractivity contribution is 6.30. The van der Waals surface area contributed by atoms with Crippen molar-refractivity contribution in [3.05, 3.63) is 46.4 Å². The molecule has 0 bridgehead atoms. The van der Waals surface area contributed by atoms with Crippen LogP contribution in [0.25, 0.3) is 16.8 Å². The molecule has 3 rings (SSSR count). The third-order valence-corrected chi connectivity index (χ3v) is 4.08. The minimum atomic E-state index is -0.712. The van der Waals surface area contributed by atoms with E-state index in [0.29, 0.717) is 21.9 Å². The van der Waals surface area contributed by atoms with Crippen LogP contribution in [0.2, 0.25) is 5.02 Å². The van der Waals surface area contributed by atoms with Crippen molar-refractivity contribution in [1.29, 1.82) is 0 Å². The number of aromatic nitrogens is 4. The van der Waals surface area contributed by atoms with Crippen molar-refractivity contribution in [3.63, 3.8) is 0 Å². The Kier molecular flexibility index (Phi) is 4.85. The number of hydrogen-bond donors (Lipinski definition) is 0. The highest BCUT2D eigenvalue weighted by Gasteiger charge is 2.24. The van der Waals surface area contributed by atoms with Crippen LogP contribution in [0, 0.1) is 6.92 Å². The second kappa shape index (κ2) is 7.09. The molecule has 0 spiro atoms. The van der Waals surface area contributed by atoms with Gasteiger partial charge in [0.2, 0.25) is 0 Å². The van der Waals surface area contributed by atoms with E-state index in [2.05, 4.69) is 15.3 Å². The van der Waals surface area contributed by atoms with Gasteiger partial charge in [0.15, 0.2) is 11.3 Å². The van der Waals surface area contributed by atoms with Crippen molar-refractivity contribution in [2.75, 3.05) is 14.2 Å². The normalized spacial score (nSPS) is 10.8. The number of fused-ring (bicyclic) bond motifs is 1. The number of esters is 2. The Hall–Kier alpha value is -3.00. The summed E-state index contributed by atoms with van der Waals surface area (Å²) in [6, 6.07) is 7.22. The van der Waals surface area contributed by atoms with Crippen molar-refractivity contribution in [1.82, 2.24) is 19.8 Å². The summed E-state index contributed by atoms with van der Waals surface area (Å²) in [4.78, 5) is 23.8. The first kappa shape index (κ1) is 17.8. The molecule has 0 atom stereocenters. The van der Waals surface area contributed by atoms with Crippen LogP contribution in [0.15, 0.2) is 24.3 Å². The second-order valence-electron chi connectivity index (χ2n) is 5.45. The maximum absolute atomic E-state index is 12.0. The monoisotopic (exact) mass is 374 g/mol. The molecule has 0 N–H and O–H groups in total. The fraction of sp³-hybridized carbons (Fsp3) is 0.235. The quantitative estimate of drug-likeness (QED) is 0.646. The molecule has 0 fully saturated rings. The van der Waals surface area contributed by atoms with Crippen molar-refractivity contribution >= 4 is 29.2 Å². The van der Waals surface area contributed by atoms with E-state index < -0.39 is 11.9 Å². The van der Waals surface area contributed by atoms with Crippen molar-refractivity contribution in [2.24, 2.45) is 0 Å². The summed E-state index contributed by atoms with van der Waals surface area (Å²) in [5.74, 6) is -1.25. The van der Waals surface area contributed by atoms with Crippen LogP contribution in [0.4, 0.5) is 0 Å². The van der Waals surface area contributed by atoms with E-state index in [0.717, 1.165) is 5.56 Å². The lowest BCUT2D eigenvalue weighted by Gasteiger charge is -2.08. The van der Waals surface area contributed by atoms with Crippen LogP contribution in [0.1, 0.15) is 21.9 Å². The van der Waals surface area contributed by atoms with Gasteiger partial charge < -0.3 is 9.47 Å². The third kappa shape index (κ3) is 3.11. The van der Waals surface area contributed by atoms with Gasteiger partial charge in [-0.1, -0.05) is 23.7 Å². The average Bonchev–Trinajstić information content (AvgIpc) is 2.97. The molecule has 0 unspecified atom stereocenters. The summed E-state index contributed by atoms with van der Waals surface area (Å²) < 4.78 is 10.9. The molecule has 0 radical (unpaired) electrons. The maximum Gasteiger partial charge on any atom is 0.360 e. The van der Waals surface area contributed by atoms with Gasteiger partial charge in [0.05, 0.1) is 37.6 Å². The number of methoxy groups -OCH3 is 2. The zero-order valence-electron chi connectivity index (χ0n) is 14.3. The first-order valence-corrected chi connectivity index (χ1v) is 8.00. The molecule has 1 aromatic carbocycles. The minimum absolute atomic E-state index is 0.0921. The van der Waals surface area contributed by atoms with Gasteiger partial charge in [0.25, 0.3) is 0 Å². The van der Waals surface area contributed by atoms with E-state index in [9.17, 15) is 9.59 Å². The Bertz CT molecular complexity index is 1020. The summed E-state index contributed by atoms with van der Waals surface area (Å²) in [6.45, 7) is 1.80. The van der Waals surface area contributed by atoms with Crippen molar-refractivity contribution in [3.8, 4) is 11.1 Å². The highest BCUT2D eigenvalue weighted by atomic mass is 35.5. The molecule has 9 heteroatoms. The first-order valence-electron chi connectivity index (χ1n) is 7.62. The number of nitrogens with zero attached hydrogens (tertiary/aromatic N) is 4. The van der Waals surface area contributed by atoms with Gasteiger partial charge in [-0.2, -0.15) is 5.10 Å². The lowest BCUT2D eigenvalue weighted by Crippen LogP contribution is -2.18. The molecule has 0 aliphatic rings. The van der Waals surface area contributed by atoms with E-state index in [-0.39, 0.29) is 17.8 Å². The molecule has 8 nitrogen and oxygen atoms in total. The molecule has 0 aliphatic carbocycles. The molecule has 134 valence electrons. The minimum Gasteiger partial charge on any atom is -0.469 e. The van der Waals surface area contributed by atoms with Gasteiger partial charge in [-0.3, -0.25) is 4.79 Å². The number of benzene rings is 1. The maximum atomic E-state index is 12.0. The molecule has 3 aromatic rings. The molecule has 2 aromatic heterocycles. The topological polar surface area (TPSA) is 95.7 Å². The zero-order valence-corrected chi connectivity index (χ0v) is 15.1. The van der Waals surface area contributed by atoms with Gasteiger partial charge in [-0.05, 0) is 24.6 Å². The Labute approximate surface area is 153 Å². The molecule has 0 saturated carbocycles. The Morgan fingerprint density at radius 3 is 2.62 bits per heavy atom. The van der Waals surface area contributed by atoms with Gasteiger partial charge in [0.1, 0.15) is 0 Å². The van der Waals surface area contributed by atoms with E-state index >= 15 is 0 Å². The molecule has 26 heavy (non-hydrogen) atoms. The Morgan fingerprint density at radius 2 is 1.96 bits per heavy atom. The standard InChI is InChI=1S/C17H15ClN4O4/c1-9-14(10-5-4-6-11(18)7-10)16-20-19-15(17(24)26-3)12(22(16)21-9)8-13(23)25-2/h4-7H,8H2,1-3H3. The van der Waals surface area contributed by atoms with Gasteiger partial charge in [0, 0.05) is 5.02 Å². The predicted molar refractivity (Wildman–Crippen MR) is 93.0 cm³/mol. The molecular formula is C17H15ClN4O4. The lowest BCUT2D eigenvalue weighted by molar-refractivity contribution is -0.139. The van der Waals surface area contributed by atoms with Gasteiger partial charge >= 0.3 is 11.9 Å².